The van der Waals surface area contributed by atoms with E-state index >= 15 is 0 Å². The van der Waals surface area contributed by atoms with Gasteiger partial charge < -0.3 is 0 Å². The minimum atomic E-state index is 0.378. The maximum absolute atomic E-state index is 2.43. The maximum Gasteiger partial charge on any atom is 0.000163 e. The Morgan fingerprint density at radius 3 is 2.47 bits per heavy atom. The molecule has 2 rings (SSSR count). The molecule has 0 aromatic heterocycles. The molecule has 0 N–H and O–H groups in total. The monoisotopic (exact) mass is 200 g/mol. The third-order valence-corrected chi connectivity index (χ3v) is 2.97. The first-order valence-electron chi connectivity index (χ1n) is 5.77. The van der Waals surface area contributed by atoms with E-state index in [4.69, 9.17) is 0 Å². The Kier molecular flexibility index (Phi) is 2.46. The quantitative estimate of drug-likeness (QED) is 0.620. The number of hydrogen-bond acceptors (Lipinski definition) is 0. The lowest BCUT2D eigenvalue weighted by molar-refractivity contribution is 0.427. The number of hydrogen-bond donors (Lipinski definition) is 0. The van der Waals surface area contributed by atoms with Crippen molar-refractivity contribution in [3.8, 4) is 0 Å². The van der Waals surface area contributed by atoms with E-state index in [-0.39, 0.29) is 0 Å². The van der Waals surface area contributed by atoms with E-state index in [0.717, 1.165) is 0 Å². The molecule has 0 heteroatoms. The van der Waals surface area contributed by atoms with E-state index in [9.17, 15) is 0 Å². The summed E-state index contributed by atoms with van der Waals surface area (Å²) in [5.41, 5.74) is 4.88. The topological polar surface area (TPSA) is 0 Å². The fraction of sp³-hybridized carbons (Fsp3) is 0.467. The summed E-state index contributed by atoms with van der Waals surface area (Å²) >= 11 is 0. The van der Waals surface area contributed by atoms with Crippen LogP contribution in [0.3, 0.4) is 0 Å². The number of benzene rings is 1. The molecule has 0 radical (unpaired) electrons. The molecule has 1 aromatic rings. The van der Waals surface area contributed by atoms with Crippen molar-refractivity contribution in [2.24, 2.45) is 5.41 Å². The van der Waals surface area contributed by atoms with Gasteiger partial charge in [-0.25, -0.2) is 0 Å². The van der Waals surface area contributed by atoms with Crippen molar-refractivity contribution in [3.63, 3.8) is 0 Å². The maximum atomic E-state index is 2.43. The Morgan fingerprint density at radius 2 is 1.80 bits per heavy atom. The predicted molar refractivity (Wildman–Crippen MR) is 66.9 cm³/mol. The summed E-state index contributed by atoms with van der Waals surface area (Å²) < 4.78 is 0. The molecule has 1 atom stereocenters. The molecule has 0 heterocycles. The highest BCUT2D eigenvalue weighted by Gasteiger charge is 2.22. The van der Waals surface area contributed by atoms with Crippen molar-refractivity contribution >= 4 is 5.57 Å². The van der Waals surface area contributed by atoms with Gasteiger partial charge in [0.1, 0.15) is 0 Å². The van der Waals surface area contributed by atoms with Crippen molar-refractivity contribution in [2.75, 3.05) is 0 Å². The van der Waals surface area contributed by atoms with Crippen LogP contribution in [0.2, 0.25) is 0 Å². The molecule has 80 valence electrons. The van der Waals surface area contributed by atoms with Gasteiger partial charge in [0.15, 0.2) is 0 Å². The van der Waals surface area contributed by atoms with E-state index in [0.29, 0.717) is 11.3 Å². The minimum Gasteiger partial charge on any atom is -0.0734 e. The van der Waals surface area contributed by atoms with Gasteiger partial charge in [0.2, 0.25) is 0 Å². The van der Waals surface area contributed by atoms with Crippen LogP contribution in [0.25, 0.3) is 5.57 Å². The average molecular weight is 200 g/mol. The fourth-order valence-electron chi connectivity index (χ4n) is 2.39. The number of fused-ring (bicyclic) bond motifs is 1. The van der Waals surface area contributed by atoms with Crippen LogP contribution in [0.1, 0.15) is 51.2 Å². The summed E-state index contributed by atoms with van der Waals surface area (Å²) in [6.45, 7) is 9.20. The summed E-state index contributed by atoms with van der Waals surface area (Å²) in [4.78, 5) is 0. The van der Waals surface area contributed by atoms with Gasteiger partial charge >= 0.3 is 0 Å². The molecule has 1 aliphatic rings. The largest absolute Gasteiger partial charge is 0.0734 e. The van der Waals surface area contributed by atoms with Crippen LogP contribution in [0.4, 0.5) is 0 Å². The average Bonchev–Trinajstić information content (AvgIpc) is 2.42. The van der Waals surface area contributed by atoms with Crippen LogP contribution in [0.15, 0.2) is 30.3 Å². The summed E-state index contributed by atoms with van der Waals surface area (Å²) in [7, 11) is 0. The lowest BCUT2D eigenvalue weighted by atomic mass is 9.86. The lowest BCUT2D eigenvalue weighted by Gasteiger charge is -2.19. The highest BCUT2D eigenvalue weighted by molar-refractivity contribution is 5.74. The molecule has 1 unspecified atom stereocenters. The van der Waals surface area contributed by atoms with Crippen LogP contribution in [0.5, 0.6) is 0 Å². The molecule has 0 spiro atoms. The van der Waals surface area contributed by atoms with Crippen molar-refractivity contribution in [2.45, 2.75) is 40.0 Å². The van der Waals surface area contributed by atoms with Crippen molar-refractivity contribution in [1.29, 1.82) is 0 Å². The van der Waals surface area contributed by atoms with E-state index < -0.39 is 0 Å². The van der Waals surface area contributed by atoms with E-state index in [1.807, 2.05) is 0 Å². The number of rotatable bonds is 1. The summed E-state index contributed by atoms with van der Waals surface area (Å²) in [6, 6.07) is 8.80. The molecule has 0 saturated heterocycles. The first-order valence-corrected chi connectivity index (χ1v) is 5.77. The molecule has 15 heavy (non-hydrogen) atoms. The van der Waals surface area contributed by atoms with Crippen molar-refractivity contribution < 1.29 is 0 Å². The standard InChI is InChI=1S/C15H20/c1-11-9-12(10-15(2,3)4)14-8-6-5-7-13(11)14/h5-9,11H,10H2,1-4H3. The number of allylic oxidation sites excluding steroid dienone is 2. The summed E-state index contributed by atoms with van der Waals surface area (Å²) in [6.07, 6.45) is 3.60. The van der Waals surface area contributed by atoms with Crippen LogP contribution in [-0.2, 0) is 0 Å². The smallest absolute Gasteiger partial charge is 0.000163 e. The minimum absolute atomic E-state index is 0.378. The molecule has 0 nitrogen and oxygen atoms in total. The van der Waals surface area contributed by atoms with Crippen molar-refractivity contribution in [1.82, 2.24) is 0 Å². The Balaban J connectivity index is 2.33. The zero-order valence-corrected chi connectivity index (χ0v) is 10.2. The summed E-state index contributed by atoms with van der Waals surface area (Å²) in [5.74, 6) is 0.596. The molecular weight excluding hydrogens is 180 g/mol. The van der Waals surface area contributed by atoms with Gasteiger partial charge in [-0.15, -0.1) is 0 Å². The van der Waals surface area contributed by atoms with Gasteiger partial charge in [0, 0.05) is 5.92 Å². The Bertz CT molecular complexity index is 391. The molecule has 1 aliphatic carbocycles. The zero-order valence-electron chi connectivity index (χ0n) is 10.2. The van der Waals surface area contributed by atoms with E-state index in [1.54, 1.807) is 0 Å². The normalized spacial score (nSPS) is 20.0. The van der Waals surface area contributed by atoms with Gasteiger partial charge in [0.25, 0.3) is 0 Å². The van der Waals surface area contributed by atoms with E-state index in [2.05, 4.69) is 58.0 Å². The summed E-state index contributed by atoms with van der Waals surface area (Å²) in [5, 5.41) is 0. The molecule has 0 fully saturated rings. The van der Waals surface area contributed by atoms with Gasteiger partial charge in [-0.3, -0.25) is 0 Å². The molecular formula is C15H20. The van der Waals surface area contributed by atoms with Crippen LogP contribution < -0.4 is 0 Å². The van der Waals surface area contributed by atoms with Crippen LogP contribution >= 0.6 is 0 Å². The third-order valence-electron chi connectivity index (χ3n) is 2.97. The van der Waals surface area contributed by atoms with Crippen LogP contribution in [0, 0.1) is 5.41 Å². The molecule has 0 aliphatic heterocycles. The highest BCUT2D eigenvalue weighted by atomic mass is 14.3. The lowest BCUT2D eigenvalue weighted by Crippen LogP contribution is -2.05. The SMILES string of the molecule is CC1C=C(CC(C)(C)C)c2ccccc21. The van der Waals surface area contributed by atoms with E-state index in [1.165, 1.54) is 23.1 Å². The van der Waals surface area contributed by atoms with Crippen molar-refractivity contribution in [3.05, 3.63) is 41.5 Å². The second-order valence-corrected chi connectivity index (χ2v) is 5.81. The Labute approximate surface area is 93.0 Å². The van der Waals surface area contributed by atoms with Gasteiger partial charge in [-0.2, -0.15) is 0 Å². The predicted octanol–water partition coefficient (Wildman–Crippen LogP) is 4.62. The third kappa shape index (κ3) is 2.14. The second kappa shape index (κ2) is 3.52. The molecule has 0 amide bonds. The highest BCUT2D eigenvalue weighted by Crippen LogP contribution is 2.40. The molecule has 0 bridgehead atoms. The van der Waals surface area contributed by atoms with Gasteiger partial charge in [-0.05, 0) is 28.5 Å². The van der Waals surface area contributed by atoms with Gasteiger partial charge in [0.05, 0.1) is 0 Å². The fourth-order valence-corrected chi connectivity index (χ4v) is 2.39. The molecule has 1 aromatic carbocycles. The molecule has 0 saturated carbocycles. The first-order chi connectivity index (χ1) is 6.97. The first kappa shape index (κ1) is 10.5. The van der Waals surface area contributed by atoms with Crippen LogP contribution in [-0.4, -0.2) is 0 Å². The van der Waals surface area contributed by atoms with Gasteiger partial charge in [-0.1, -0.05) is 58.0 Å². The Morgan fingerprint density at radius 1 is 1.13 bits per heavy atom. The zero-order chi connectivity index (χ0) is 11.1. The second-order valence-electron chi connectivity index (χ2n) is 5.81. The Hall–Kier alpha value is -1.04.